The molecule has 0 aliphatic rings. The summed E-state index contributed by atoms with van der Waals surface area (Å²) in [4.78, 5) is 0. The third-order valence-corrected chi connectivity index (χ3v) is 2.38. The second-order valence-corrected chi connectivity index (χ2v) is 5.20. The van der Waals surface area contributed by atoms with Crippen molar-refractivity contribution in [2.24, 2.45) is 0 Å². The van der Waals surface area contributed by atoms with Crippen molar-refractivity contribution < 1.29 is 17.9 Å². The van der Waals surface area contributed by atoms with Crippen molar-refractivity contribution in [1.29, 1.82) is 0 Å². The van der Waals surface area contributed by atoms with Gasteiger partial charge in [-0.3, -0.25) is 4.57 Å². The minimum atomic E-state index is -4.32. The lowest BCUT2D eigenvalue weighted by Crippen LogP contribution is -2.23. The van der Waals surface area contributed by atoms with E-state index in [0.717, 1.165) is 0 Å². The first-order valence-electron chi connectivity index (χ1n) is 5.35. The zero-order valence-corrected chi connectivity index (χ0v) is 11.1. The Bertz CT molecular complexity index is 398. The van der Waals surface area contributed by atoms with Gasteiger partial charge in [0.2, 0.25) is 5.28 Å². The van der Waals surface area contributed by atoms with Gasteiger partial charge in [-0.15, -0.1) is 10.2 Å². The topological polar surface area (TPSA) is 39.9 Å². The maximum absolute atomic E-state index is 11.9. The van der Waals surface area contributed by atoms with E-state index in [4.69, 9.17) is 11.6 Å². The predicted octanol–water partition coefficient (Wildman–Crippen LogP) is 2.81. The lowest BCUT2D eigenvalue weighted by Gasteiger charge is -2.19. The predicted molar refractivity (Wildman–Crippen MR) is 60.6 cm³/mol. The number of hydrogen-bond donors (Lipinski definition) is 0. The molecule has 1 heterocycles. The Labute approximate surface area is 108 Å². The van der Waals surface area contributed by atoms with E-state index in [1.807, 2.05) is 20.8 Å². The normalized spacial score (nSPS) is 13.1. The van der Waals surface area contributed by atoms with Crippen LogP contribution in [0.3, 0.4) is 0 Å². The lowest BCUT2D eigenvalue weighted by molar-refractivity contribution is -0.174. The van der Waals surface area contributed by atoms with Crippen molar-refractivity contribution in [3.05, 3.63) is 11.1 Å². The minimum absolute atomic E-state index is 0.0969. The minimum Gasteiger partial charge on any atom is -0.370 e. The number of aromatic nitrogens is 3. The average molecular weight is 286 g/mol. The van der Waals surface area contributed by atoms with E-state index in [0.29, 0.717) is 5.82 Å². The van der Waals surface area contributed by atoms with Gasteiger partial charge >= 0.3 is 6.18 Å². The van der Waals surface area contributed by atoms with E-state index in [-0.39, 0.29) is 23.9 Å². The summed E-state index contributed by atoms with van der Waals surface area (Å²) in [6.07, 6.45) is -4.32. The SMILES string of the molecule is CC(C)(C)c1nnc(Cl)n1CCOCC(F)(F)F. The van der Waals surface area contributed by atoms with Gasteiger partial charge in [-0.25, -0.2) is 0 Å². The number of ether oxygens (including phenoxy) is 1. The van der Waals surface area contributed by atoms with Crippen LogP contribution in [-0.4, -0.2) is 34.2 Å². The quantitative estimate of drug-likeness (QED) is 0.799. The molecule has 4 nitrogen and oxygen atoms in total. The molecule has 0 atom stereocenters. The first kappa shape index (κ1) is 15.2. The molecule has 0 radical (unpaired) electrons. The third-order valence-electron chi connectivity index (χ3n) is 2.10. The molecule has 1 aromatic heterocycles. The van der Waals surface area contributed by atoms with Crippen molar-refractivity contribution in [3.63, 3.8) is 0 Å². The summed E-state index contributed by atoms with van der Waals surface area (Å²) in [5, 5.41) is 7.78. The molecule has 1 rings (SSSR count). The van der Waals surface area contributed by atoms with Crippen LogP contribution in [0.5, 0.6) is 0 Å². The largest absolute Gasteiger partial charge is 0.411 e. The number of rotatable bonds is 4. The Morgan fingerprint density at radius 1 is 1.22 bits per heavy atom. The van der Waals surface area contributed by atoms with Crippen molar-refractivity contribution in [2.45, 2.75) is 38.9 Å². The van der Waals surface area contributed by atoms with Gasteiger partial charge in [0.05, 0.1) is 13.2 Å². The van der Waals surface area contributed by atoms with Gasteiger partial charge in [-0.2, -0.15) is 13.2 Å². The smallest absolute Gasteiger partial charge is 0.370 e. The Morgan fingerprint density at radius 2 is 1.83 bits per heavy atom. The molecule has 0 saturated carbocycles. The summed E-state index contributed by atoms with van der Waals surface area (Å²) in [5.41, 5.74) is -0.288. The Hall–Kier alpha value is -0.820. The standard InChI is InChI=1S/C10H15ClF3N3O/c1-9(2,3)7-15-16-8(11)17(7)4-5-18-6-10(12,13)14/h4-6H2,1-3H3. The fourth-order valence-corrected chi connectivity index (χ4v) is 1.58. The maximum atomic E-state index is 11.9. The van der Waals surface area contributed by atoms with Crippen LogP contribution in [0.2, 0.25) is 5.28 Å². The van der Waals surface area contributed by atoms with Gasteiger partial charge in [0.15, 0.2) is 0 Å². The molecule has 0 amide bonds. The molecule has 0 N–H and O–H groups in total. The fraction of sp³-hybridized carbons (Fsp3) is 0.800. The number of alkyl halides is 3. The number of hydrogen-bond acceptors (Lipinski definition) is 3. The second-order valence-electron chi connectivity index (χ2n) is 4.86. The van der Waals surface area contributed by atoms with E-state index in [1.165, 1.54) is 0 Å². The van der Waals surface area contributed by atoms with E-state index >= 15 is 0 Å². The van der Waals surface area contributed by atoms with Gasteiger partial charge in [0.25, 0.3) is 0 Å². The molecule has 0 aromatic carbocycles. The molecule has 0 aliphatic carbocycles. The molecule has 18 heavy (non-hydrogen) atoms. The van der Waals surface area contributed by atoms with Crippen LogP contribution >= 0.6 is 11.6 Å². The Balaban J connectivity index is 2.60. The summed E-state index contributed by atoms with van der Waals surface area (Å²) in [6.45, 7) is 4.58. The molecular formula is C10H15ClF3N3O. The third kappa shape index (κ3) is 4.45. The highest BCUT2D eigenvalue weighted by molar-refractivity contribution is 6.28. The van der Waals surface area contributed by atoms with E-state index < -0.39 is 12.8 Å². The van der Waals surface area contributed by atoms with E-state index in [1.54, 1.807) is 4.57 Å². The molecule has 0 aliphatic heterocycles. The zero-order valence-electron chi connectivity index (χ0n) is 10.4. The zero-order chi connectivity index (χ0) is 14.0. The van der Waals surface area contributed by atoms with Gasteiger partial charge in [-0.1, -0.05) is 20.8 Å². The summed E-state index contributed by atoms with van der Waals surface area (Å²) >= 11 is 5.83. The van der Waals surface area contributed by atoms with Gasteiger partial charge in [0.1, 0.15) is 12.4 Å². The van der Waals surface area contributed by atoms with E-state index in [9.17, 15) is 13.2 Å². The fourth-order valence-electron chi connectivity index (χ4n) is 1.38. The molecule has 0 saturated heterocycles. The summed E-state index contributed by atoms with van der Waals surface area (Å²) in [5.74, 6) is 0.614. The molecular weight excluding hydrogens is 271 g/mol. The molecule has 0 unspecified atom stereocenters. The van der Waals surface area contributed by atoms with Crippen LogP contribution in [0, 0.1) is 0 Å². The first-order valence-corrected chi connectivity index (χ1v) is 5.73. The highest BCUT2D eigenvalue weighted by atomic mass is 35.5. The summed E-state index contributed by atoms with van der Waals surface area (Å²) in [6, 6.07) is 0. The Morgan fingerprint density at radius 3 is 2.33 bits per heavy atom. The summed E-state index contributed by atoms with van der Waals surface area (Å²) < 4.78 is 41.7. The first-order chi connectivity index (χ1) is 8.11. The van der Waals surface area contributed by atoms with Gasteiger partial charge < -0.3 is 4.74 Å². The van der Waals surface area contributed by atoms with Crippen LogP contribution < -0.4 is 0 Å². The lowest BCUT2D eigenvalue weighted by atomic mass is 9.96. The molecule has 104 valence electrons. The van der Waals surface area contributed by atoms with E-state index in [2.05, 4.69) is 14.9 Å². The highest BCUT2D eigenvalue weighted by Gasteiger charge is 2.28. The highest BCUT2D eigenvalue weighted by Crippen LogP contribution is 2.22. The van der Waals surface area contributed by atoms with Crippen molar-refractivity contribution in [2.75, 3.05) is 13.2 Å². The molecule has 0 spiro atoms. The van der Waals surface area contributed by atoms with Crippen LogP contribution in [-0.2, 0) is 16.7 Å². The maximum Gasteiger partial charge on any atom is 0.411 e. The van der Waals surface area contributed by atoms with Gasteiger partial charge in [0, 0.05) is 5.41 Å². The van der Waals surface area contributed by atoms with Crippen LogP contribution in [0.1, 0.15) is 26.6 Å². The van der Waals surface area contributed by atoms with Crippen molar-refractivity contribution in [3.8, 4) is 0 Å². The van der Waals surface area contributed by atoms with Crippen molar-refractivity contribution >= 4 is 11.6 Å². The second kappa shape index (κ2) is 5.44. The summed E-state index contributed by atoms with van der Waals surface area (Å²) in [7, 11) is 0. The van der Waals surface area contributed by atoms with Crippen molar-refractivity contribution in [1.82, 2.24) is 14.8 Å². The molecule has 1 aromatic rings. The average Bonchev–Trinajstić information content (AvgIpc) is 2.53. The van der Waals surface area contributed by atoms with Crippen LogP contribution in [0.4, 0.5) is 13.2 Å². The monoisotopic (exact) mass is 285 g/mol. The van der Waals surface area contributed by atoms with Gasteiger partial charge in [-0.05, 0) is 11.6 Å². The number of nitrogens with zero attached hydrogens (tertiary/aromatic N) is 3. The molecule has 8 heteroatoms. The van der Waals surface area contributed by atoms with Crippen LogP contribution in [0.15, 0.2) is 0 Å². The Kier molecular flexibility index (Phi) is 4.61. The number of halogens is 4. The molecule has 0 bridgehead atoms. The molecule has 0 fully saturated rings. The van der Waals surface area contributed by atoms with Crippen LogP contribution in [0.25, 0.3) is 0 Å².